The number of rotatable bonds is 4. The standard InChI is InChI=1S/C18H17F3N4O/c1-18(2,26-13-7-10(19)6-11(20)8-13)17-24-23-16(25(17)3)14-5-4-12(22)9-15(14)21/h4-9H,22H2,1-3H3. The first-order valence-corrected chi connectivity index (χ1v) is 7.78. The Morgan fingerprint density at radius 2 is 1.65 bits per heavy atom. The molecule has 0 radical (unpaired) electrons. The Morgan fingerprint density at radius 3 is 2.27 bits per heavy atom. The number of benzene rings is 2. The number of hydrogen-bond acceptors (Lipinski definition) is 4. The zero-order chi connectivity index (χ0) is 19.1. The molecule has 1 aromatic heterocycles. The second-order valence-electron chi connectivity index (χ2n) is 6.36. The molecule has 8 heteroatoms. The number of anilines is 1. The number of halogens is 3. The summed E-state index contributed by atoms with van der Waals surface area (Å²) < 4.78 is 48.2. The monoisotopic (exact) mass is 362 g/mol. The maximum absolute atomic E-state index is 14.2. The first-order valence-electron chi connectivity index (χ1n) is 7.78. The van der Waals surface area contributed by atoms with E-state index in [0.29, 0.717) is 11.5 Å². The fourth-order valence-corrected chi connectivity index (χ4v) is 2.73. The summed E-state index contributed by atoms with van der Waals surface area (Å²) in [7, 11) is 1.65. The highest BCUT2D eigenvalue weighted by atomic mass is 19.1. The normalized spacial score (nSPS) is 11.6. The van der Waals surface area contributed by atoms with Crippen molar-refractivity contribution in [1.82, 2.24) is 14.8 Å². The van der Waals surface area contributed by atoms with Crippen molar-refractivity contribution in [3.8, 4) is 17.1 Å². The smallest absolute Gasteiger partial charge is 0.176 e. The molecule has 0 amide bonds. The lowest BCUT2D eigenvalue weighted by Gasteiger charge is -2.25. The van der Waals surface area contributed by atoms with Crippen molar-refractivity contribution in [2.24, 2.45) is 7.05 Å². The molecule has 0 saturated carbocycles. The third-order valence-electron chi connectivity index (χ3n) is 3.86. The Balaban J connectivity index is 1.97. The first kappa shape index (κ1) is 17.8. The van der Waals surface area contributed by atoms with Crippen LogP contribution in [0.1, 0.15) is 19.7 Å². The molecule has 0 spiro atoms. The number of nitrogens with two attached hydrogens (primary N) is 1. The quantitative estimate of drug-likeness (QED) is 0.717. The van der Waals surface area contributed by atoms with Gasteiger partial charge in [0.15, 0.2) is 17.2 Å². The number of nitrogens with zero attached hydrogens (tertiary/aromatic N) is 3. The number of hydrogen-bond donors (Lipinski definition) is 1. The summed E-state index contributed by atoms with van der Waals surface area (Å²) in [6, 6.07) is 7.16. The van der Waals surface area contributed by atoms with Gasteiger partial charge in [-0.15, -0.1) is 10.2 Å². The number of nitrogen functional groups attached to an aromatic ring is 1. The molecule has 0 atom stereocenters. The third-order valence-corrected chi connectivity index (χ3v) is 3.86. The fourth-order valence-electron chi connectivity index (χ4n) is 2.73. The first-order chi connectivity index (χ1) is 12.2. The van der Waals surface area contributed by atoms with Gasteiger partial charge in [-0.3, -0.25) is 0 Å². The Kier molecular flexibility index (Phi) is 4.35. The highest BCUT2D eigenvalue weighted by Gasteiger charge is 2.30. The van der Waals surface area contributed by atoms with Gasteiger partial charge >= 0.3 is 0 Å². The van der Waals surface area contributed by atoms with Crippen molar-refractivity contribution in [3.63, 3.8) is 0 Å². The maximum atomic E-state index is 14.2. The Labute approximate surface area is 148 Å². The van der Waals surface area contributed by atoms with Gasteiger partial charge in [0.2, 0.25) is 0 Å². The van der Waals surface area contributed by atoms with E-state index in [2.05, 4.69) is 10.2 Å². The largest absolute Gasteiger partial charge is 0.480 e. The molecular weight excluding hydrogens is 345 g/mol. The minimum atomic E-state index is -1.08. The molecule has 26 heavy (non-hydrogen) atoms. The van der Waals surface area contributed by atoms with Gasteiger partial charge in [-0.1, -0.05) is 0 Å². The van der Waals surface area contributed by atoms with Crippen LogP contribution in [0.25, 0.3) is 11.4 Å². The minimum Gasteiger partial charge on any atom is -0.480 e. The van der Waals surface area contributed by atoms with Crippen molar-refractivity contribution in [2.75, 3.05) is 5.73 Å². The van der Waals surface area contributed by atoms with Crippen LogP contribution >= 0.6 is 0 Å². The molecule has 2 N–H and O–H groups in total. The van der Waals surface area contributed by atoms with Crippen LogP contribution in [0.5, 0.6) is 5.75 Å². The minimum absolute atomic E-state index is 0.00992. The van der Waals surface area contributed by atoms with E-state index in [1.54, 1.807) is 31.5 Å². The molecular formula is C18H17F3N4O. The van der Waals surface area contributed by atoms with E-state index in [1.807, 2.05) is 0 Å². The van der Waals surface area contributed by atoms with Gasteiger partial charge in [0, 0.05) is 30.9 Å². The van der Waals surface area contributed by atoms with Crippen molar-refractivity contribution in [3.05, 3.63) is 59.7 Å². The van der Waals surface area contributed by atoms with E-state index in [4.69, 9.17) is 10.5 Å². The van der Waals surface area contributed by atoms with Gasteiger partial charge in [-0.25, -0.2) is 13.2 Å². The molecule has 0 fully saturated rings. The molecule has 5 nitrogen and oxygen atoms in total. The summed E-state index contributed by atoms with van der Waals surface area (Å²) in [5.41, 5.74) is 5.01. The van der Waals surface area contributed by atoms with E-state index >= 15 is 0 Å². The number of ether oxygens (including phenoxy) is 1. The SMILES string of the molecule is Cn1c(-c2ccc(N)cc2F)nnc1C(C)(C)Oc1cc(F)cc(F)c1. The predicted octanol–water partition coefficient (Wildman–Crippen LogP) is 3.80. The average Bonchev–Trinajstić information content (AvgIpc) is 2.88. The third kappa shape index (κ3) is 3.35. The van der Waals surface area contributed by atoms with Crippen LogP contribution in [0.4, 0.5) is 18.9 Å². The highest BCUT2D eigenvalue weighted by Crippen LogP contribution is 2.30. The average molecular weight is 362 g/mol. The van der Waals surface area contributed by atoms with E-state index in [9.17, 15) is 13.2 Å². The Hall–Kier alpha value is -3.03. The summed E-state index contributed by atoms with van der Waals surface area (Å²) in [4.78, 5) is 0. The van der Waals surface area contributed by atoms with Crippen LogP contribution < -0.4 is 10.5 Å². The molecule has 136 valence electrons. The Morgan fingerprint density at radius 1 is 1.00 bits per heavy atom. The summed E-state index contributed by atoms with van der Waals surface area (Å²) in [6.45, 7) is 3.34. The molecule has 3 aromatic rings. The predicted molar refractivity (Wildman–Crippen MR) is 90.8 cm³/mol. The maximum Gasteiger partial charge on any atom is 0.176 e. The molecule has 0 bridgehead atoms. The molecule has 0 saturated heterocycles. The van der Waals surface area contributed by atoms with Gasteiger partial charge in [0.05, 0.1) is 5.56 Å². The van der Waals surface area contributed by atoms with Crippen LogP contribution in [-0.2, 0) is 12.6 Å². The van der Waals surface area contributed by atoms with Crippen LogP contribution in [-0.4, -0.2) is 14.8 Å². The molecule has 1 heterocycles. The van der Waals surface area contributed by atoms with Crippen LogP contribution in [0, 0.1) is 17.5 Å². The van der Waals surface area contributed by atoms with E-state index in [0.717, 1.165) is 18.2 Å². The summed E-state index contributed by atoms with van der Waals surface area (Å²) in [6.07, 6.45) is 0. The summed E-state index contributed by atoms with van der Waals surface area (Å²) in [5, 5.41) is 8.09. The second-order valence-corrected chi connectivity index (χ2v) is 6.36. The van der Waals surface area contributed by atoms with Crippen molar-refractivity contribution in [1.29, 1.82) is 0 Å². The van der Waals surface area contributed by atoms with Crippen molar-refractivity contribution < 1.29 is 17.9 Å². The highest BCUT2D eigenvalue weighted by molar-refractivity contribution is 5.60. The molecule has 0 aliphatic carbocycles. The topological polar surface area (TPSA) is 66.0 Å². The molecule has 0 aliphatic heterocycles. The molecule has 0 unspecified atom stereocenters. The van der Waals surface area contributed by atoms with E-state index in [1.165, 1.54) is 12.1 Å². The number of aromatic nitrogens is 3. The summed E-state index contributed by atoms with van der Waals surface area (Å²) >= 11 is 0. The lowest BCUT2D eigenvalue weighted by molar-refractivity contribution is 0.0941. The van der Waals surface area contributed by atoms with Gasteiger partial charge in [-0.05, 0) is 32.0 Å². The second kappa shape index (κ2) is 6.36. The lowest BCUT2D eigenvalue weighted by Crippen LogP contribution is -2.29. The molecule has 2 aromatic carbocycles. The fraction of sp³-hybridized carbons (Fsp3) is 0.222. The molecule has 0 aliphatic rings. The van der Waals surface area contributed by atoms with E-state index in [-0.39, 0.29) is 17.1 Å². The van der Waals surface area contributed by atoms with Crippen LogP contribution in [0.2, 0.25) is 0 Å². The Bertz CT molecular complexity index is 949. The zero-order valence-electron chi connectivity index (χ0n) is 14.4. The van der Waals surface area contributed by atoms with Crippen molar-refractivity contribution >= 4 is 5.69 Å². The van der Waals surface area contributed by atoms with E-state index < -0.39 is 23.1 Å². The lowest BCUT2D eigenvalue weighted by atomic mass is 10.1. The summed E-state index contributed by atoms with van der Waals surface area (Å²) in [5.74, 6) is -1.39. The van der Waals surface area contributed by atoms with Gasteiger partial charge in [-0.2, -0.15) is 0 Å². The van der Waals surface area contributed by atoms with Gasteiger partial charge in [0.1, 0.15) is 23.2 Å². The zero-order valence-corrected chi connectivity index (χ0v) is 14.4. The van der Waals surface area contributed by atoms with Crippen LogP contribution in [0.3, 0.4) is 0 Å². The van der Waals surface area contributed by atoms with Crippen LogP contribution in [0.15, 0.2) is 36.4 Å². The molecule has 3 rings (SSSR count). The van der Waals surface area contributed by atoms with Gasteiger partial charge < -0.3 is 15.0 Å². The van der Waals surface area contributed by atoms with Gasteiger partial charge in [0.25, 0.3) is 0 Å². The van der Waals surface area contributed by atoms with Crippen molar-refractivity contribution in [2.45, 2.75) is 19.4 Å².